The highest BCUT2D eigenvalue weighted by Gasteiger charge is 2.23. The average molecular weight is 240 g/mol. The molecule has 0 amide bonds. The molecule has 1 aromatic rings. The van der Waals surface area contributed by atoms with Gasteiger partial charge in [0, 0.05) is 0 Å². The van der Waals surface area contributed by atoms with Gasteiger partial charge in [-0.05, 0) is 12.1 Å². The quantitative estimate of drug-likeness (QED) is 0.666. The van der Waals surface area contributed by atoms with Crippen molar-refractivity contribution in [2.45, 2.75) is 12.2 Å². The van der Waals surface area contributed by atoms with E-state index < -0.39 is 6.10 Å². The van der Waals surface area contributed by atoms with Crippen molar-refractivity contribution in [2.75, 3.05) is 26.4 Å². The third kappa shape index (κ3) is 3.89. The fourth-order valence-corrected chi connectivity index (χ4v) is 1.27. The van der Waals surface area contributed by atoms with E-state index in [0.717, 1.165) is 6.61 Å². The minimum absolute atomic E-state index is 0.0385. The van der Waals surface area contributed by atoms with Crippen LogP contribution in [0.1, 0.15) is 0 Å². The predicted molar refractivity (Wildman–Crippen MR) is 60.3 cm³/mol. The third-order valence-electron chi connectivity index (χ3n) is 2.32. The second-order valence-corrected chi connectivity index (χ2v) is 3.86. The van der Waals surface area contributed by atoms with Crippen molar-refractivity contribution < 1.29 is 24.4 Å². The van der Waals surface area contributed by atoms with Crippen LogP contribution in [0, 0.1) is 0 Å². The summed E-state index contributed by atoms with van der Waals surface area (Å²) in [5, 5.41) is 17.9. The van der Waals surface area contributed by atoms with Gasteiger partial charge in [0.15, 0.2) is 11.5 Å². The van der Waals surface area contributed by atoms with Crippen LogP contribution in [0.25, 0.3) is 0 Å². The lowest BCUT2D eigenvalue weighted by Crippen LogP contribution is -2.21. The van der Waals surface area contributed by atoms with Crippen molar-refractivity contribution in [3.8, 4) is 11.5 Å². The Labute approximate surface area is 99.5 Å². The molecule has 0 aromatic heterocycles. The van der Waals surface area contributed by atoms with Crippen molar-refractivity contribution in [2.24, 2.45) is 0 Å². The molecule has 0 aliphatic carbocycles. The van der Waals surface area contributed by atoms with Crippen LogP contribution in [-0.4, -0.2) is 48.8 Å². The van der Waals surface area contributed by atoms with Gasteiger partial charge in [0.2, 0.25) is 0 Å². The lowest BCUT2D eigenvalue weighted by Gasteiger charge is -2.13. The molecule has 2 N–H and O–H groups in total. The molecule has 17 heavy (non-hydrogen) atoms. The maximum atomic E-state index is 9.20. The molecule has 0 saturated carbocycles. The summed E-state index contributed by atoms with van der Waals surface area (Å²) in [7, 11) is 0. The minimum atomic E-state index is -0.880. The van der Waals surface area contributed by atoms with E-state index >= 15 is 0 Å². The van der Waals surface area contributed by atoms with Crippen LogP contribution in [0.2, 0.25) is 0 Å². The van der Waals surface area contributed by atoms with Crippen LogP contribution in [0.15, 0.2) is 24.3 Å². The smallest absolute Gasteiger partial charge is 0.161 e. The normalized spacial score (nSPS) is 19.8. The monoisotopic (exact) mass is 240 g/mol. The van der Waals surface area contributed by atoms with Gasteiger partial charge < -0.3 is 24.4 Å². The summed E-state index contributed by atoms with van der Waals surface area (Å²) >= 11 is 0. The van der Waals surface area contributed by atoms with Gasteiger partial charge in [-0.1, -0.05) is 12.1 Å². The van der Waals surface area contributed by atoms with Crippen molar-refractivity contribution in [1.29, 1.82) is 0 Å². The van der Waals surface area contributed by atoms with Gasteiger partial charge in [0.05, 0.1) is 13.2 Å². The van der Waals surface area contributed by atoms with Gasteiger partial charge in [-0.2, -0.15) is 0 Å². The molecule has 0 radical (unpaired) electrons. The van der Waals surface area contributed by atoms with Crippen molar-refractivity contribution in [3.05, 3.63) is 24.3 Å². The highest BCUT2D eigenvalue weighted by atomic mass is 16.6. The number of rotatable bonds is 7. The molecule has 1 aliphatic heterocycles. The zero-order chi connectivity index (χ0) is 12.1. The Morgan fingerprint density at radius 1 is 1.29 bits per heavy atom. The third-order valence-corrected chi connectivity index (χ3v) is 2.32. The number of aliphatic hydroxyl groups is 2. The summed E-state index contributed by atoms with van der Waals surface area (Å²) < 4.78 is 15.9. The van der Waals surface area contributed by atoms with E-state index in [-0.39, 0.29) is 19.3 Å². The number of para-hydroxylation sites is 2. The van der Waals surface area contributed by atoms with Gasteiger partial charge >= 0.3 is 0 Å². The predicted octanol–water partition coefficient (Wildman–Crippen LogP) is 0.196. The van der Waals surface area contributed by atoms with Crippen molar-refractivity contribution in [3.63, 3.8) is 0 Å². The molecule has 5 nitrogen and oxygen atoms in total. The molecule has 0 bridgehead atoms. The summed E-state index contributed by atoms with van der Waals surface area (Å²) in [6, 6.07) is 7.22. The van der Waals surface area contributed by atoms with E-state index in [1.807, 2.05) is 12.1 Å². The first-order valence-electron chi connectivity index (χ1n) is 5.54. The number of ether oxygens (including phenoxy) is 3. The second-order valence-electron chi connectivity index (χ2n) is 3.86. The Bertz CT molecular complexity index is 351. The average Bonchev–Trinajstić information content (AvgIpc) is 3.18. The topological polar surface area (TPSA) is 71.5 Å². The second kappa shape index (κ2) is 5.86. The highest BCUT2D eigenvalue weighted by molar-refractivity contribution is 5.39. The Morgan fingerprint density at radius 3 is 2.53 bits per heavy atom. The molecule has 2 rings (SSSR count). The molecule has 5 heteroatoms. The van der Waals surface area contributed by atoms with E-state index in [0.29, 0.717) is 18.1 Å². The van der Waals surface area contributed by atoms with E-state index in [9.17, 15) is 5.11 Å². The molecule has 0 spiro atoms. The van der Waals surface area contributed by atoms with Crippen molar-refractivity contribution >= 4 is 0 Å². The van der Waals surface area contributed by atoms with E-state index in [1.54, 1.807) is 12.1 Å². The van der Waals surface area contributed by atoms with E-state index in [4.69, 9.17) is 19.3 Å². The fraction of sp³-hybridized carbons (Fsp3) is 0.500. The van der Waals surface area contributed by atoms with E-state index in [2.05, 4.69) is 0 Å². The Balaban J connectivity index is 1.89. The van der Waals surface area contributed by atoms with Crippen LogP contribution in [-0.2, 0) is 4.74 Å². The lowest BCUT2D eigenvalue weighted by atomic mass is 10.3. The summed E-state index contributed by atoms with van der Waals surface area (Å²) in [5.74, 6) is 1.17. The van der Waals surface area contributed by atoms with Crippen LogP contribution in [0.4, 0.5) is 0 Å². The van der Waals surface area contributed by atoms with Gasteiger partial charge in [-0.15, -0.1) is 0 Å². The first-order chi connectivity index (χ1) is 8.29. The number of hydrogen-bond donors (Lipinski definition) is 2. The Kier molecular flexibility index (Phi) is 4.19. The summed E-state index contributed by atoms with van der Waals surface area (Å²) in [4.78, 5) is 0. The SMILES string of the molecule is OCC(O)COc1ccccc1OCC1CO1. The zero-order valence-electron chi connectivity index (χ0n) is 9.41. The first kappa shape index (κ1) is 12.2. The minimum Gasteiger partial charge on any atom is -0.487 e. The summed E-state index contributed by atoms with van der Waals surface area (Å²) in [5.41, 5.74) is 0. The Morgan fingerprint density at radius 2 is 1.94 bits per heavy atom. The molecule has 1 aromatic carbocycles. The van der Waals surface area contributed by atoms with Crippen LogP contribution < -0.4 is 9.47 Å². The zero-order valence-corrected chi connectivity index (χ0v) is 9.41. The molecule has 2 atom stereocenters. The molecule has 2 unspecified atom stereocenters. The number of hydrogen-bond acceptors (Lipinski definition) is 5. The van der Waals surface area contributed by atoms with Crippen LogP contribution >= 0.6 is 0 Å². The fourth-order valence-electron chi connectivity index (χ4n) is 1.27. The molecular weight excluding hydrogens is 224 g/mol. The maximum Gasteiger partial charge on any atom is 0.161 e. The van der Waals surface area contributed by atoms with Gasteiger partial charge in [0.1, 0.15) is 25.4 Å². The largest absolute Gasteiger partial charge is 0.487 e. The van der Waals surface area contributed by atoms with Gasteiger partial charge in [0.25, 0.3) is 0 Å². The molecule has 1 aliphatic rings. The number of aliphatic hydroxyl groups excluding tert-OH is 2. The molecule has 1 heterocycles. The molecular formula is C12H16O5. The highest BCUT2D eigenvalue weighted by Crippen LogP contribution is 2.27. The molecule has 1 fully saturated rings. The van der Waals surface area contributed by atoms with E-state index in [1.165, 1.54) is 0 Å². The van der Waals surface area contributed by atoms with Gasteiger partial charge in [-0.3, -0.25) is 0 Å². The van der Waals surface area contributed by atoms with Crippen molar-refractivity contribution in [1.82, 2.24) is 0 Å². The summed E-state index contributed by atoms with van der Waals surface area (Å²) in [6.45, 7) is 0.963. The standard InChI is InChI=1S/C12H16O5/c13-5-9(14)6-16-11-3-1-2-4-12(11)17-8-10-7-15-10/h1-4,9-10,13-14H,5-8H2. The van der Waals surface area contributed by atoms with Crippen LogP contribution in [0.5, 0.6) is 11.5 Å². The summed E-state index contributed by atoms with van der Waals surface area (Å²) in [6.07, 6.45) is -0.694. The van der Waals surface area contributed by atoms with Gasteiger partial charge in [-0.25, -0.2) is 0 Å². The lowest BCUT2D eigenvalue weighted by molar-refractivity contribution is 0.0524. The number of epoxide rings is 1. The molecule has 1 saturated heterocycles. The first-order valence-corrected chi connectivity index (χ1v) is 5.54. The number of benzene rings is 1. The molecule has 94 valence electrons. The maximum absolute atomic E-state index is 9.20. The van der Waals surface area contributed by atoms with Crippen LogP contribution in [0.3, 0.4) is 0 Å². The Hall–Kier alpha value is -1.30.